The summed E-state index contributed by atoms with van der Waals surface area (Å²) in [4.78, 5) is 1.26. The molecule has 0 atom stereocenters. The number of fused-ring (bicyclic) bond motifs is 1. The van der Waals surface area contributed by atoms with Crippen molar-refractivity contribution < 1.29 is 4.39 Å². The van der Waals surface area contributed by atoms with Gasteiger partial charge in [0.25, 0.3) is 0 Å². The van der Waals surface area contributed by atoms with Crippen LogP contribution in [0.1, 0.15) is 11.3 Å². The Kier molecular flexibility index (Phi) is 3.75. The molecular formula is C18H12FN5S. The molecule has 4 rings (SSSR count). The first kappa shape index (κ1) is 15.4. The Morgan fingerprint density at radius 2 is 2.08 bits per heavy atom. The summed E-state index contributed by atoms with van der Waals surface area (Å²) in [6.45, 7) is 1.93. The molecule has 0 aliphatic rings. The number of halogens is 1. The number of hydrogen-bond donors (Lipinski definition) is 1. The Balaban J connectivity index is 1.94. The molecule has 3 aromatic heterocycles. The van der Waals surface area contributed by atoms with Crippen molar-refractivity contribution in [1.82, 2.24) is 19.8 Å². The lowest BCUT2D eigenvalue weighted by atomic mass is 10.1. The van der Waals surface area contributed by atoms with Crippen LogP contribution in [0.5, 0.6) is 0 Å². The zero-order valence-corrected chi connectivity index (χ0v) is 14.0. The molecule has 0 unspecified atom stereocenters. The molecule has 0 bridgehead atoms. The summed E-state index contributed by atoms with van der Waals surface area (Å²) in [7, 11) is 0. The van der Waals surface area contributed by atoms with E-state index in [4.69, 9.17) is 0 Å². The fourth-order valence-electron chi connectivity index (χ4n) is 2.68. The van der Waals surface area contributed by atoms with E-state index in [0.717, 1.165) is 21.7 Å². The third kappa shape index (κ3) is 2.66. The van der Waals surface area contributed by atoms with E-state index in [0.29, 0.717) is 16.0 Å². The third-order valence-corrected chi connectivity index (χ3v) is 4.98. The average Bonchev–Trinajstić information content (AvgIpc) is 3.22. The van der Waals surface area contributed by atoms with Crippen LogP contribution in [-0.2, 0) is 0 Å². The maximum Gasteiger partial charge on any atom is 0.137 e. The highest BCUT2D eigenvalue weighted by Crippen LogP contribution is 2.36. The Morgan fingerprint density at radius 1 is 1.24 bits per heavy atom. The largest absolute Gasteiger partial charge is 0.282 e. The molecule has 7 heteroatoms. The fraction of sp³-hybridized carbons (Fsp3) is 0.0556. The zero-order valence-electron chi connectivity index (χ0n) is 13.2. The predicted octanol–water partition coefficient (Wildman–Crippen LogP) is 4.19. The number of aromatic nitrogens is 4. The summed E-state index contributed by atoms with van der Waals surface area (Å²) >= 11 is 1.28. The summed E-state index contributed by atoms with van der Waals surface area (Å²) < 4.78 is 15.8. The topological polar surface area (TPSA) is 69.8 Å². The van der Waals surface area contributed by atoms with Crippen LogP contribution in [0.3, 0.4) is 0 Å². The second-order valence-corrected chi connectivity index (χ2v) is 6.58. The minimum Gasteiger partial charge on any atom is -0.282 e. The van der Waals surface area contributed by atoms with Crippen molar-refractivity contribution in [2.75, 3.05) is 0 Å². The first-order valence-electron chi connectivity index (χ1n) is 7.51. The predicted molar refractivity (Wildman–Crippen MR) is 92.7 cm³/mol. The number of aromatic amines is 1. The molecule has 0 saturated carbocycles. The first-order valence-corrected chi connectivity index (χ1v) is 8.33. The van der Waals surface area contributed by atoms with Crippen molar-refractivity contribution in [2.45, 2.75) is 16.7 Å². The van der Waals surface area contributed by atoms with Crippen LogP contribution in [0.15, 0.2) is 58.7 Å². The van der Waals surface area contributed by atoms with Gasteiger partial charge in [-0.25, -0.2) is 8.91 Å². The van der Waals surface area contributed by atoms with Gasteiger partial charge in [-0.1, -0.05) is 23.9 Å². The Hall–Kier alpha value is -3.11. The van der Waals surface area contributed by atoms with Gasteiger partial charge in [-0.15, -0.1) is 0 Å². The molecule has 0 amide bonds. The lowest BCUT2D eigenvalue weighted by Gasteiger charge is -2.09. The lowest BCUT2D eigenvalue weighted by Crippen LogP contribution is -1.93. The van der Waals surface area contributed by atoms with Gasteiger partial charge in [0, 0.05) is 32.8 Å². The van der Waals surface area contributed by atoms with Crippen molar-refractivity contribution in [3.8, 4) is 17.2 Å². The Bertz CT molecular complexity index is 1120. The van der Waals surface area contributed by atoms with Crippen molar-refractivity contribution in [1.29, 1.82) is 5.26 Å². The van der Waals surface area contributed by atoms with Crippen LogP contribution in [0, 0.1) is 24.1 Å². The van der Waals surface area contributed by atoms with Gasteiger partial charge in [0.15, 0.2) is 0 Å². The molecule has 25 heavy (non-hydrogen) atoms. The van der Waals surface area contributed by atoms with E-state index in [-0.39, 0.29) is 5.82 Å². The van der Waals surface area contributed by atoms with Gasteiger partial charge in [-0.2, -0.15) is 15.5 Å². The number of nitriles is 1. The standard InChI is InChI=1S/C18H12FN5S/c1-11-14(9-21-23-11)12-6-17(25-16-5-3-2-4-15(16)19)18-13(7-20)8-22-24(18)10-12/h2-6,8-10H,1H3,(H,21,23). The van der Waals surface area contributed by atoms with Gasteiger partial charge in [-0.05, 0) is 25.1 Å². The van der Waals surface area contributed by atoms with Crippen molar-refractivity contribution in [2.24, 2.45) is 0 Å². The van der Waals surface area contributed by atoms with Gasteiger partial charge < -0.3 is 0 Å². The number of benzene rings is 1. The lowest BCUT2D eigenvalue weighted by molar-refractivity contribution is 0.602. The van der Waals surface area contributed by atoms with Gasteiger partial charge in [0.2, 0.25) is 0 Å². The molecule has 0 saturated heterocycles. The van der Waals surface area contributed by atoms with Gasteiger partial charge in [0.05, 0.1) is 23.5 Å². The molecule has 3 heterocycles. The number of pyridine rings is 1. The normalized spacial score (nSPS) is 10.9. The van der Waals surface area contributed by atoms with E-state index >= 15 is 0 Å². The van der Waals surface area contributed by atoms with Crippen LogP contribution in [-0.4, -0.2) is 19.8 Å². The molecular weight excluding hydrogens is 337 g/mol. The zero-order chi connectivity index (χ0) is 17.4. The summed E-state index contributed by atoms with van der Waals surface area (Å²) in [6, 6.07) is 10.7. The molecule has 5 nitrogen and oxygen atoms in total. The summed E-state index contributed by atoms with van der Waals surface area (Å²) in [5.41, 5.74) is 3.88. The van der Waals surface area contributed by atoms with Crippen molar-refractivity contribution in [3.63, 3.8) is 0 Å². The smallest absolute Gasteiger partial charge is 0.137 e. The second kappa shape index (κ2) is 6.07. The maximum atomic E-state index is 14.1. The highest BCUT2D eigenvalue weighted by molar-refractivity contribution is 7.99. The van der Waals surface area contributed by atoms with E-state index < -0.39 is 0 Å². The van der Waals surface area contributed by atoms with E-state index in [1.165, 1.54) is 24.0 Å². The van der Waals surface area contributed by atoms with Crippen LogP contribution in [0.25, 0.3) is 16.6 Å². The Labute approximate surface area is 147 Å². The van der Waals surface area contributed by atoms with E-state index in [9.17, 15) is 9.65 Å². The van der Waals surface area contributed by atoms with Gasteiger partial charge in [0.1, 0.15) is 11.9 Å². The maximum absolute atomic E-state index is 14.1. The molecule has 0 aliphatic heterocycles. The molecule has 0 fully saturated rings. The molecule has 0 spiro atoms. The summed E-state index contributed by atoms with van der Waals surface area (Å²) in [5, 5.41) is 20.6. The number of H-pyrrole nitrogens is 1. The van der Waals surface area contributed by atoms with Crippen LogP contribution >= 0.6 is 11.8 Å². The number of rotatable bonds is 3. The summed E-state index contributed by atoms with van der Waals surface area (Å²) in [5.74, 6) is -0.298. The minimum atomic E-state index is -0.298. The third-order valence-electron chi connectivity index (χ3n) is 3.89. The monoisotopic (exact) mass is 349 g/mol. The molecule has 1 N–H and O–H groups in total. The minimum absolute atomic E-state index is 0.298. The van der Waals surface area contributed by atoms with Gasteiger partial charge in [-0.3, -0.25) is 5.10 Å². The average molecular weight is 349 g/mol. The highest BCUT2D eigenvalue weighted by atomic mass is 32.2. The van der Waals surface area contributed by atoms with Crippen molar-refractivity contribution in [3.05, 3.63) is 66.0 Å². The highest BCUT2D eigenvalue weighted by Gasteiger charge is 2.15. The number of nitrogens with zero attached hydrogens (tertiary/aromatic N) is 4. The van der Waals surface area contributed by atoms with E-state index in [1.54, 1.807) is 28.9 Å². The quantitative estimate of drug-likeness (QED) is 0.602. The molecule has 1 aromatic carbocycles. The molecule has 4 aromatic rings. The van der Waals surface area contributed by atoms with E-state index in [1.807, 2.05) is 19.2 Å². The SMILES string of the molecule is Cc1[nH]ncc1-c1cc(Sc2ccccc2F)c2c(C#N)cnn2c1. The van der Waals surface area contributed by atoms with Crippen molar-refractivity contribution >= 4 is 17.3 Å². The van der Waals surface area contributed by atoms with Gasteiger partial charge >= 0.3 is 0 Å². The molecule has 0 radical (unpaired) electrons. The molecule has 122 valence electrons. The van der Waals surface area contributed by atoms with Crippen LogP contribution in [0.4, 0.5) is 4.39 Å². The Morgan fingerprint density at radius 3 is 2.80 bits per heavy atom. The number of nitrogens with one attached hydrogen (secondary N) is 1. The van der Waals surface area contributed by atoms with E-state index in [2.05, 4.69) is 21.4 Å². The second-order valence-electron chi connectivity index (χ2n) is 5.50. The fourth-order valence-corrected chi connectivity index (χ4v) is 3.71. The number of hydrogen-bond acceptors (Lipinski definition) is 4. The van der Waals surface area contributed by atoms with Crippen LogP contribution < -0.4 is 0 Å². The number of aryl methyl sites for hydroxylation is 1. The first-order chi connectivity index (χ1) is 12.2. The summed E-state index contributed by atoms with van der Waals surface area (Å²) in [6.07, 6.45) is 5.11. The van der Waals surface area contributed by atoms with Crippen LogP contribution in [0.2, 0.25) is 0 Å². The molecule has 0 aliphatic carbocycles.